The van der Waals surface area contributed by atoms with E-state index in [2.05, 4.69) is 16.0 Å². The molecule has 0 saturated carbocycles. The Labute approximate surface area is 129 Å². The van der Waals surface area contributed by atoms with Crippen molar-refractivity contribution in [2.75, 3.05) is 7.05 Å². The molecule has 4 nitrogen and oxygen atoms in total. The van der Waals surface area contributed by atoms with Crippen molar-refractivity contribution in [1.82, 2.24) is 14.9 Å². The van der Waals surface area contributed by atoms with Crippen molar-refractivity contribution in [2.24, 2.45) is 0 Å². The van der Waals surface area contributed by atoms with Crippen molar-refractivity contribution in [1.29, 1.82) is 0 Å². The zero-order chi connectivity index (χ0) is 15.7. The third-order valence-electron chi connectivity index (χ3n) is 4.10. The standard InChI is InChI=1S/C18H19N3O/c1-12-4-5-15-11-17(20-16(15)10-12)18(22)21(3)13(2)14-6-8-19-9-7-14/h4-11,13,20H,1-3H3/t13-/m0/s1. The van der Waals surface area contributed by atoms with Crippen molar-refractivity contribution in [3.05, 3.63) is 65.6 Å². The summed E-state index contributed by atoms with van der Waals surface area (Å²) in [5.74, 6) is -0.0156. The summed E-state index contributed by atoms with van der Waals surface area (Å²) >= 11 is 0. The van der Waals surface area contributed by atoms with Crippen LogP contribution in [0.1, 0.15) is 34.6 Å². The van der Waals surface area contributed by atoms with E-state index in [4.69, 9.17) is 0 Å². The van der Waals surface area contributed by atoms with Crippen molar-refractivity contribution < 1.29 is 4.79 Å². The maximum atomic E-state index is 12.7. The molecule has 1 amide bonds. The minimum absolute atomic E-state index is 0.0105. The Balaban J connectivity index is 1.88. The first kappa shape index (κ1) is 14.3. The molecule has 0 unspecified atom stereocenters. The zero-order valence-corrected chi connectivity index (χ0v) is 13.0. The number of hydrogen-bond donors (Lipinski definition) is 1. The van der Waals surface area contributed by atoms with Crippen molar-refractivity contribution in [3.8, 4) is 0 Å². The molecular formula is C18H19N3O. The molecule has 1 atom stereocenters. The van der Waals surface area contributed by atoms with Crippen LogP contribution in [0.15, 0.2) is 48.8 Å². The zero-order valence-electron chi connectivity index (χ0n) is 13.0. The average molecular weight is 293 g/mol. The quantitative estimate of drug-likeness (QED) is 0.800. The molecule has 1 aromatic carbocycles. The summed E-state index contributed by atoms with van der Waals surface area (Å²) in [6.45, 7) is 4.06. The lowest BCUT2D eigenvalue weighted by atomic mass is 10.1. The molecule has 22 heavy (non-hydrogen) atoms. The van der Waals surface area contributed by atoms with Gasteiger partial charge < -0.3 is 9.88 Å². The second kappa shape index (κ2) is 5.64. The maximum absolute atomic E-state index is 12.7. The molecule has 0 aliphatic heterocycles. The van der Waals surface area contributed by atoms with Crippen LogP contribution in [-0.4, -0.2) is 27.8 Å². The third-order valence-corrected chi connectivity index (χ3v) is 4.10. The van der Waals surface area contributed by atoms with Crippen LogP contribution in [-0.2, 0) is 0 Å². The lowest BCUT2D eigenvalue weighted by Gasteiger charge is -2.24. The molecule has 0 aliphatic rings. The first-order valence-electron chi connectivity index (χ1n) is 7.32. The fourth-order valence-corrected chi connectivity index (χ4v) is 2.59. The largest absolute Gasteiger partial charge is 0.351 e. The van der Waals surface area contributed by atoms with Crippen LogP contribution in [0.5, 0.6) is 0 Å². The average Bonchev–Trinajstić information content (AvgIpc) is 2.96. The number of aromatic amines is 1. The number of carbonyl (C=O) groups excluding carboxylic acids is 1. The third kappa shape index (κ3) is 2.60. The van der Waals surface area contributed by atoms with Crippen molar-refractivity contribution in [3.63, 3.8) is 0 Å². The SMILES string of the molecule is Cc1ccc2cc(C(=O)N(C)[C@@H](C)c3ccncc3)[nH]c2c1. The lowest BCUT2D eigenvalue weighted by molar-refractivity contribution is 0.0737. The summed E-state index contributed by atoms with van der Waals surface area (Å²) in [7, 11) is 1.82. The van der Waals surface area contributed by atoms with Crippen LogP contribution in [0.3, 0.4) is 0 Å². The van der Waals surface area contributed by atoms with Gasteiger partial charge in [0.1, 0.15) is 5.69 Å². The molecule has 3 aromatic rings. The molecule has 2 aromatic heterocycles. The summed E-state index contributed by atoms with van der Waals surface area (Å²) in [5.41, 5.74) is 3.85. The summed E-state index contributed by atoms with van der Waals surface area (Å²) in [6, 6.07) is 11.9. The Bertz CT molecular complexity index is 808. The van der Waals surface area contributed by atoms with Crippen LogP contribution < -0.4 is 0 Å². The number of amides is 1. The highest BCUT2D eigenvalue weighted by Crippen LogP contribution is 2.22. The fourth-order valence-electron chi connectivity index (χ4n) is 2.59. The molecule has 0 radical (unpaired) electrons. The van der Waals surface area contributed by atoms with E-state index in [1.165, 1.54) is 5.56 Å². The van der Waals surface area contributed by atoms with Crippen molar-refractivity contribution >= 4 is 16.8 Å². The molecule has 1 N–H and O–H groups in total. The number of nitrogens with one attached hydrogen (secondary N) is 1. The number of carbonyl (C=O) groups is 1. The predicted molar refractivity (Wildman–Crippen MR) is 87.8 cm³/mol. The molecule has 0 bridgehead atoms. The molecule has 112 valence electrons. The Morgan fingerprint density at radius 1 is 1.18 bits per heavy atom. The first-order chi connectivity index (χ1) is 10.6. The number of nitrogens with zero attached hydrogens (tertiary/aromatic N) is 2. The van der Waals surface area contributed by atoms with Gasteiger partial charge in [-0.05, 0) is 49.2 Å². The van der Waals surface area contributed by atoms with E-state index in [1.807, 2.05) is 51.2 Å². The summed E-state index contributed by atoms with van der Waals surface area (Å²) < 4.78 is 0. The second-order valence-corrected chi connectivity index (χ2v) is 5.65. The minimum Gasteiger partial charge on any atom is -0.351 e. The van der Waals surface area contributed by atoms with Gasteiger partial charge >= 0.3 is 0 Å². The van der Waals surface area contributed by atoms with Gasteiger partial charge in [-0.15, -0.1) is 0 Å². The first-order valence-corrected chi connectivity index (χ1v) is 7.32. The molecular weight excluding hydrogens is 274 g/mol. The number of benzene rings is 1. The minimum atomic E-state index is -0.0156. The Hall–Kier alpha value is -2.62. The number of pyridine rings is 1. The number of hydrogen-bond acceptors (Lipinski definition) is 2. The molecule has 3 rings (SSSR count). The molecule has 0 fully saturated rings. The Kier molecular flexibility index (Phi) is 3.67. The van der Waals surface area contributed by atoms with E-state index < -0.39 is 0 Å². The van der Waals surface area contributed by atoms with Gasteiger partial charge in [-0.3, -0.25) is 9.78 Å². The Morgan fingerprint density at radius 2 is 1.91 bits per heavy atom. The van der Waals surface area contributed by atoms with E-state index in [0.717, 1.165) is 16.5 Å². The van der Waals surface area contributed by atoms with E-state index in [1.54, 1.807) is 17.3 Å². The summed E-state index contributed by atoms with van der Waals surface area (Å²) in [6.07, 6.45) is 3.49. The van der Waals surface area contributed by atoms with Gasteiger partial charge in [0.15, 0.2) is 0 Å². The molecule has 0 spiro atoms. The van der Waals surface area contributed by atoms with Gasteiger partial charge in [0.05, 0.1) is 6.04 Å². The monoisotopic (exact) mass is 293 g/mol. The topological polar surface area (TPSA) is 49.0 Å². The van der Waals surface area contributed by atoms with E-state index in [9.17, 15) is 4.79 Å². The normalized spacial score (nSPS) is 12.3. The summed E-state index contributed by atoms with van der Waals surface area (Å²) in [4.78, 5) is 21.7. The summed E-state index contributed by atoms with van der Waals surface area (Å²) in [5, 5.41) is 1.05. The molecule has 2 heterocycles. The fraction of sp³-hybridized carbons (Fsp3) is 0.222. The van der Waals surface area contributed by atoms with Crippen LogP contribution in [0, 0.1) is 6.92 Å². The Morgan fingerprint density at radius 3 is 2.64 bits per heavy atom. The number of rotatable bonds is 3. The van der Waals surface area contributed by atoms with E-state index >= 15 is 0 Å². The van der Waals surface area contributed by atoms with Gasteiger partial charge in [-0.1, -0.05) is 12.1 Å². The lowest BCUT2D eigenvalue weighted by Crippen LogP contribution is -2.29. The molecule has 4 heteroatoms. The smallest absolute Gasteiger partial charge is 0.270 e. The maximum Gasteiger partial charge on any atom is 0.270 e. The van der Waals surface area contributed by atoms with Gasteiger partial charge in [0, 0.05) is 30.3 Å². The highest BCUT2D eigenvalue weighted by molar-refractivity contribution is 5.98. The van der Waals surface area contributed by atoms with Gasteiger partial charge in [0.25, 0.3) is 5.91 Å². The van der Waals surface area contributed by atoms with Crippen LogP contribution in [0.4, 0.5) is 0 Å². The van der Waals surface area contributed by atoms with Gasteiger partial charge in [-0.25, -0.2) is 0 Å². The van der Waals surface area contributed by atoms with Crippen LogP contribution in [0.25, 0.3) is 10.9 Å². The molecule has 0 saturated heterocycles. The van der Waals surface area contributed by atoms with Gasteiger partial charge in [-0.2, -0.15) is 0 Å². The van der Waals surface area contributed by atoms with Crippen LogP contribution >= 0.6 is 0 Å². The predicted octanol–water partition coefficient (Wildman–Crippen LogP) is 3.70. The number of H-pyrrole nitrogens is 1. The van der Waals surface area contributed by atoms with E-state index in [0.29, 0.717) is 5.69 Å². The van der Waals surface area contributed by atoms with E-state index in [-0.39, 0.29) is 11.9 Å². The molecule has 0 aliphatic carbocycles. The highest BCUT2D eigenvalue weighted by Gasteiger charge is 2.20. The van der Waals surface area contributed by atoms with Crippen molar-refractivity contribution in [2.45, 2.75) is 19.9 Å². The number of fused-ring (bicyclic) bond motifs is 1. The van der Waals surface area contributed by atoms with Crippen LogP contribution in [0.2, 0.25) is 0 Å². The number of aromatic nitrogens is 2. The van der Waals surface area contributed by atoms with Gasteiger partial charge in [0.2, 0.25) is 0 Å². The number of aryl methyl sites for hydroxylation is 1. The highest BCUT2D eigenvalue weighted by atomic mass is 16.2. The second-order valence-electron chi connectivity index (χ2n) is 5.65.